The normalized spacial score (nSPS) is 3.33. The van der Waals surface area contributed by atoms with Crippen molar-refractivity contribution >= 4 is 0 Å². The maximum absolute atomic E-state index is 3.60. The molecule has 0 N–H and O–H groups in total. The Morgan fingerprint density at radius 1 is 1.11 bits per heavy atom. The predicted octanol–water partition coefficient (Wildman–Crippen LogP) is 2.97. The Labute approximate surface area is 88.3 Å². The maximum Gasteiger partial charge on any atom is 0 e. The molecule has 0 aromatic carbocycles. The first-order valence-corrected chi connectivity index (χ1v) is 1.71. The van der Waals surface area contributed by atoms with Crippen molar-refractivity contribution in [2.24, 2.45) is 0 Å². The molecule has 0 unspecified atom stereocenters. The molecule has 61 valence electrons. The van der Waals surface area contributed by atoms with E-state index >= 15 is 0 Å². The molecule has 0 heterocycles. The minimum absolute atomic E-state index is 0. The first-order chi connectivity index (χ1) is 1.91. The molecule has 0 amide bonds. The molecule has 0 aromatic rings. The van der Waals surface area contributed by atoms with E-state index in [9.17, 15) is 0 Å². The van der Waals surface area contributed by atoms with Crippen LogP contribution in [-0.2, 0) is 39.6 Å². The van der Waals surface area contributed by atoms with E-state index in [2.05, 4.69) is 13.8 Å². The summed E-state index contributed by atoms with van der Waals surface area (Å²) in [6.45, 7) is 5.72. The fourth-order valence-corrected chi connectivity index (χ4v) is 0. The van der Waals surface area contributed by atoms with E-state index in [4.69, 9.17) is 0 Å². The predicted molar refractivity (Wildman–Crippen MR) is 39.5 cm³/mol. The third-order valence-corrected chi connectivity index (χ3v) is 0.354. The second kappa shape index (κ2) is 59.2. The van der Waals surface area contributed by atoms with Gasteiger partial charge < -0.3 is 29.2 Å². The third-order valence-electron chi connectivity index (χ3n) is 0.354. The summed E-state index contributed by atoms with van der Waals surface area (Å²) >= 11 is 0. The minimum Gasteiger partial charge on any atom is -0.358 e. The Balaban J connectivity index is -0.00000000450. The van der Waals surface area contributed by atoms with Gasteiger partial charge in [-0.15, -0.1) is 0 Å². The molecule has 0 aromatic heterocycles. The van der Waals surface area contributed by atoms with E-state index in [1.807, 2.05) is 0 Å². The summed E-state index contributed by atoms with van der Waals surface area (Å²) in [6.07, 6.45) is 2.28. The quantitative estimate of drug-likeness (QED) is 0.646. The number of hydrogen-bond donors (Lipinski definition) is 0. The van der Waals surface area contributed by atoms with Gasteiger partial charge in [-0.25, -0.2) is 0 Å². The minimum atomic E-state index is 0. The fourth-order valence-electron chi connectivity index (χ4n) is 0. The Morgan fingerprint density at radius 3 is 1.22 bits per heavy atom. The van der Waals surface area contributed by atoms with Crippen molar-refractivity contribution in [2.75, 3.05) is 0 Å². The van der Waals surface area contributed by atoms with E-state index in [0.717, 1.165) is 6.42 Å². The molecule has 0 aliphatic heterocycles. The molecule has 0 saturated carbocycles. The molecule has 0 bridgehead atoms. The van der Waals surface area contributed by atoms with Gasteiger partial charge in [0.1, 0.15) is 0 Å². The van der Waals surface area contributed by atoms with Gasteiger partial charge in [0, 0.05) is 39.6 Å². The van der Waals surface area contributed by atoms with E-state index < -0.39 is 0 Å². The van der Waals surface area contributed by atoms with Crippen molar-refractivity contribution < 1.29 is 39.6 Å². The molecular weight excluding hydrogens is 319 g/mol. The van der Waals surface area contributed by atoms with Crippen molar-refractivity contribution in [1.82, 2.24) is 0 Å². The zero-order valence-electron chi connectivity index (χ0n) is 6.98. The molecule has 0 aliphatic carbocycles. The average molecular weight is 337 g/mol. The summed E-state index contributed by atoms with van der Waals surface area (Å²) in [5.41, 5.74) is 0. The Hall–Kier alpha value is 1.27. The zero-order valence-corrected chi connectivity index (χ0v) is 11.3. The number of hydrogen-bond acceptors (Lipinski definition) is 0. The van der Waals surface area contributed by atoms with Crippen LogP contribution in [0, 0.1) is 29.2 Å². The Bertz CT molecular complexity index is 10.9. The van der Waals surface area contributed by atoms with Crippen LogP contribution in [-0.4, -0.2) is 0 Å². The van der Waals surface area contributed by atoms with Crippen molar-refractivity contribution in [3.05, 3.63) is 29.2 Å². The maximum atomic E-state index is 3.60. The van der Waals surface area contributed by atoms with Gasteiger partial charge >= 0.3 is 0 Å². The fraction of sp³-hybridized carbons (Fsp3) is 0.429. The summed E-state index contributed by atoms with van der Waals surface area (Å²) in [7, 11) is 0. The van der Waals surface area contributed by atoms with Crippen LogP contribution >= 0.6 is 0 Å². The first-order valence-electron chi connectivity index (χ1n) is 1.71. The largest absolute Gasteiger partial charge is 0.358 e. The van der Waals surface area contributed by atoms with E-state index in [1.54, 1.807) is 0 Å². The average Bonchev–Trinajstić information content (AvgIpc) is 1.37. The van der Waals surface area contributed by atoms with Crippen LogP contribution in [0.4, 0.5) is 0 Å². The second-order valence-corrected chi connectivity index (χ2v) is 0.854. The molecule has 0 spiro atoms. The third kappa shape index (κ3) is 95.0. The van der Waals surface area contributed by atoms with Crippen LogP contribution in [0.25, 0.3) is 0 Å². The standard InChI is InChI=1S/C4H9.3CH3.V.W/c1-3-4-2;;;;;/h1,3-4H2,2H3;3*1H3;;/q4*-1;;. The van der Waals surface area contributed by atoms with Crippen LogP contribution in [0.1, 0.15) is 19.8 Å². The SMILES string of the molecule is [CH2-]CCC.[CH3-].[CH3-].[CH3-].[V].[W]. The molecule has 0 rings (SSSR count). The molecule has 0 atom stereocenters. The van der Waals surface area contributed by atoms with E-state index in [1.165, 1.54) is 6.42 Å². The van der Waals surface area contributed by atoms with Crippen LogP contribution < -0.4 is 0 Å². The van der Waals surface area contributed by atoms with Crippen LogP contribution in [0.2, 0.25) is 0 Å². The summed E-state index contributed by atoms with van der Waals surface area (Å²) in [5, 5.41) is 0. The van der Waals surface area contributed by atoms with Gasteiger partial charge in [0.2, 0.25) is 0 Å². The van der Waals surface area contributed by atoms with Crippen molar-refractivity contribution in [3.63, 3.8) is 0 Å². The molecular formula is C7H18VW-4. The number of rotatable bonds is 1. The van der Waals surface area contributed by atoms with Crippen LogP contribution in [0.5, 0.6) is 0 Å². The Kier molecular flexibility index (Phi) is 319. The van der Waals surface area contributed by atoms with Gasteiger partial charge in [0.05, 0.1) is 0 Å². The molecule has 1 radical (unpaired) electrons. The molecule has 2 heteroatoms. The van der Waals surface area contributed by atoms with Crippen molar-refractivity contribution in [1.29, 1.82) is 0 Å². The first kappa shape index (κ1) is 48.4. The topological polar surface area (TPSA) is 0 Å². The zero-order chi connectivity index (χ0) is 3.41. The van der Waals surface area contributed by atoms with Crippen LogP contribution in [0.15, 0.2) is 0 Å². The molecule has 0 saturated heterocycles. The van der Waals surface area contributed by atoms with Gasteiger partial charge in [-0.3, -0.25) is 0 Å². The van der Waals surface area contributed by atoms with Crippen molar-refractivity contribution in [2.45, 2.75) is 19.8 Å². The summed E-state index contributed by atoms with van der Waals surface area (Å²) in [4.78, 5) is 0. The monoisotopic (exact) mass is 337 g/mol. The van der Waals surface area contributed by atoms with E-state index in [-0.39, 0.29) is 61.9 Å². The molecule has 0 nitrogen and oxygen atoms in total. The summed E-state index contributed by atoms with van der Waals surface area (Å²) in [5.74, 6) is 0. The van der Waals surface area contributed by atoms with Gasteiger partial charge in [0.15, 0.2) is 0 Å². The van der Waals surface area contributed by atoms with Gasteiger partial charge in [0.25, 0.3) is 0 Å². The van der Waals surface area contributed by atoms with Gasteiger partial charge in [-0.2, -0.15) is 6.42 Å². The summed E-state index contributed by atoms with van der Waals surface area (Å²) in [6, 6.07) is 0. The Morgan fingerprint density at radius 2 is 1.22 bits per heavy atom. The van der Waals surface area contributed by atoms with Gasteiger partial charge in [-0.1, -0.05) is 13.3 Å². The van der Waals surface area contributed by atoms with E-state index in [0.29, 0.717) is 0 Å². The number of unbranched alkanes of at least 4 members (excludes halogenated alkanes) is 1. The molecule has 0 aliphatic rings. The smallest absolute Gasteiger partial charge is 0 e. The molecule has 9 heavy (non-hydrogen) atoms. The van der Waals surface area contributed by atoms with Crippen molar-refractivity contribution in [3.8, 4) is 0 Å². The molecule has 0 fully saturated rings. The van der Waals surface area contributed by atoms with Crippen LogP contribution in [0.3, 0.4) is 0 Å². The second-order valence-electron chi connectivity index (χ2n) is 0.854. The van der Waals surface area contributed by atoms with Gasteiger partial charge in [-0.05, 0) is 0 Å². The summed E-state index contributed by atoms with van der Waals surface area (Å²) < 4.78 is 0.